The Morgan fingerprint density at radius 3 is 2.94 bits per heavy atom. The van der Waals surface area contributed by atoms with Crippen LogP contribution in [0.3, 0.4) is 0 Å². The summed E-state index contributed by atoms with van der Waals surface area (Å²) in [5.41, 5.74) is 10.0. The molecule has 0 saturated carbocycles. The van der Waals surface area contributed by atoms with Crippen molar-refractivity contribution in [1.82, 2.24) is 10.6 Å². The van der Waals surface area contributed by atoms with Gasteiger partial charge in [-0.1, -0.05) is 41.0 Å². The summed E-state index contributed by atoms with van der Waals surface area (Å²) in [6.45, 7) is 4.44. The fourth-order valence-electron chi connectivity index (χ4n) is 3.27. The van der Waals surface area contributed by atoms with Crippen LogP contribution in [0.15, 0.2) is 81.1 Å². The average Bonchev–Trinajstić information content (AvgIpc) is 3.02. The summed E-state index contributed by atoms with van der Waals surface area (Å²) in [4.78, 5) is 31.0. The van der Waals surface area contributed by atoms with E-state index < -0.39 is 0 Å². The maximum atomic E-state index is 12.9. The number of carbonyl (C=O) groups excluding carboxylic acids is 2. The highest BCUT2D eigenvalue weighted by Crippen LogP contribution is 2.39. The number of hydrogen-bond donors (Lipinski definition) is 3. The Balaban J connectivity index is 1.66. The SMILES string of the molecule is C=CCC(C#CCCN=[N+]=[N-])S/C(=C\NC)CNC(=O)c1ccc2c(c1)NC(=O)c1ccccc1S2. The number of amides is 2. The van der Waals surface area contributed by atoms with Crippen LogP contribution < -0.4 is 16.0 Å². The van der Waals surface area contributed by atoms with Crippen LogP contribution in [0.1, 0.15) is 33.6 Å². The summed E-state index contributed by atoms with van der Waals surface area (Å²) in [5, 5.41) is 12.3. The second-order valence-corrected chi connectivity index (χ2v) is 9.91. The Hall–Kier alpha value is -3.77. The van der Waals surface area contributed by atoms with Gasteiger partial charge in [0.25, 0.3) is 11.8 Å². The standard InChI is InChI=1S/C26H26N6O2S2/c1-3-8-19(9-6-7-14-30-32-27)35-20(16-28-2)17-29-25(33)18-12-13-24-22(15-18)31-26(34)21-10-4-5-11-23(21)36-24/h3-5,10-13,15-16,19,28H,1,7-8,14,17H2,2H3,(H,29,33)(H,31,34)/b20-16-. The molecule has 0 aliphatic carbocycles. The summed E-state index contributed by atoms with van der Waals surface area (Å²) in [7, 11) is 1.79. The molecule has 10 heteroatoms. The van der Waals surface area contributed by atoms with Gasteiger partial charge < -0.3 is 16.0 Å². The van der Waals surface area contributed by atoms with Crippen LogP contribution in [0.4, 0.5) is 5.69 Å². The normalized spacial score (nSPS) is 12.8. The molecule has 0 spiro atoms. The minimum atomic E-state index is -0.248. The zero-order valence-corrected chi connectivity index (χ0v) is 21.4. The third-order valence-electron chi connectivity index (χ3n) is 4.91. The van der Waals surface area contributed by atoms with Crippen LogP contribution in [0.25, 0.3) is 10.4 Å². The van der Waals surface area contributed by atoms with Gasteiger partial charge >= 0.3 is 0 Å². The summed E-state index contributed by atoms with van der Waals surface area (Å²) in [5.74, 6) is 5.76. The molecule has 1 unspecified atom stereocenters. The number of rotatable bonds is 10. The van der Waals surface area contributed by atoms with Gasteiger partial charge in [0.1, 0.15) is 0 Å². The number of allylic oxidation sites excluding steroid dienone is 1. The predicted molar refractivity (Wildman–Crippen MR) is 147 cm³/mol. The van der Waals surface area contributed by atoms with Gasteiger partial charge in [0.05, 0.1) is 23.0 Å². The number of hydrogen-bond acceptors (Lipinski definition) is 6. The molecule has 1 heterocycles. The largest absolute Gasteiger partial charge is 0.393 e. The van der Waals surface area contributed by atoms with Crippen molar-refractivity contribution in [3.05, 3.63) is 87.8 Å². The molecule has 3 rings (SSSR count). The lowest BCUT2D eigenvalue weighted by molar-refractivity contribution is 0.0956. The van der Waals surface area contributed by atoms with Crippen molar-refractivity contribution in [3.63, 3.8) is 0 Å². The van der Waals surface area contributed by atoms with Crippen LogP contribution in [0, 0.1) is 11.8 Å². The maximum absolute atomic E-state index is 12.9. The monoisotopic (exact) mass is 518 g/mol. The van der Waals surface area contributed by atoms with Gasteiger partial charge in [-0.2, -0.15) is 0 Å². The van der Waals surface area contributed by atoms with E-state index in [2.05, 4.69) is 44.4 Å². The molecule has 2 aromatic carbocycles. The van der Waals surface area contributed by atoms with Gasteiger partial charge in [-0.15, -0.1) is 24.3 Å². The zero-order valence-electron chi connectivity index (χ0n) is 19.8. The van der Waals surface area contributed by atoms with Crippen LogP contribution in [0.5, 0.6) is 0 Å². The minimum Gasteiger partial charge on any atom is -0.393 e. The summed E-state index contributed by atoms with van der Waals surface area (Å²) < 4.78 is 0. The molecule has 1 aliphatic heterocycles. The van der Waals surface area contributed by atoms with Crippen molar-refractivity contribution in [1.29, 1.82) is 0 Å². The molecule has 8 nitrogen and oxygen atoms in total. The molecular formula is C26H26N6O2S2. The predicted octanol–water partition coefficient (Wildman–Crippen LogP) is 5.58. The first kappa shape index (κ1) is 26.8. The molecule has 0 radical (unpaired) electrons. The van der Waals surface area contributed by atoms with E-state index in [4.69, 9.17) is 5.53 Å². The van der Waals surface area contributed by atoms with Crippen molar-refractivity contribution in [2.24, 2.45) is 5.11 Å². The molecule has 1 atom stereocenters. The number of fused-ring (bicyclic) bond motifs is 2. The molecule has 2 aromatic rings. The van der Waals surface area contributed by atoms with E-state index in [0.29, 0.717) is 42.7 Å². The molecule has 3 N–H and O–H groups in total. The highest BCUT2D eigenvalue weighted by Gasteiger charge is 2.21. The number of nitrogens with zero attached hydrogens (tertiary/aromatic N) is 3. The van der Waals surface area contributed by atoms with Crippen molar-refractivity contribution >= 4 is 41.0 Å². The molecule has 0 saturated heterocycles. The summed E-state index contributed by atoms with van der Waals surface area (Å²) >= 11 is 3.03. The first-order chi connectivity index (χ1) is 17.5. The van der Waals surface area contributed by atoms with Crippen LogP contribution in [-0.4, -0.2) is 37.2 Å². The first-order valence-electron chi connectivity index (χ1n) is 11.2. The fraction of sp³-hybridized carbons (Fsp3) is 0.231. The van der Waals surface area contributed by atoms with E-state index >= 15 is 0 Å². The zero-order chi connectivity index (χ0) is 25.8. The minimum absolute atomic E-state index is 0.0496. The number of thioether (sulfide) groups is 1. The quantitative estimate of drug-likeness (QED) is 0.0948. The Labute approximate surface area is 219 Å². The summed E-state index contributed by atoms with van der Waals surface area (Å²) in [6, 6.07) is 12.7. The molecular weight excluding hydrogens is 492 g/mol. The number of anilines is 1. The lowest BCUT2D eigenvalue weighted by atomic mass is 10.1. The van der Waals surface area contributed by atoms with Gasteiger partial charge in [-0.3, -0.25) is 9.59 Å². The van der Waals surface area contributed by atoms with Crippen LogP contribution >= 0.6 is 23.5 Å². The van der Waals surface area contributed by atoms with Crippen LogP contribution in [0.2, 0.25) is 0 Å². The number of azide groups is 1. The fourth-order valence-corrected chi connectivity index (χ4v) is 5.37. The molecule has 1 aliphatic rings. The van der Waals surface area contributed by atoms with Crippen molar-refractivity contribution < 1.29 is 9.59 Å². The van der Waals surface area contributed by atoms with E-state index in [1.54, 1.807) is 31.3 Å². The van der Waals surface area contributed by atoms with Gasteiger partial charge in [0.15, 0.2) is 0 Å². The van der Waals surface area contributed by atoms with Gasteiger partial charge in [0, 0.05) is 51.4 Å². The van der Waals surface area contributed by atoms with Crippen molar-refractivity contribution in [3.8, 4) is 11.8 Å². The molecule has 2 amide bonds. The first-order valence-corrected chi connectivity index (χ1v) is 12.9. The average molecular weight is 519 g/mol. The Bertz CT molecular complexity index is 1270. The smallest absolute Gasteiger partial charge is 0.256 e. The van der Waals surface area contributed by atoms with Gasteiger partial charge in [0.2, 0.25) is 0 Å². The second kappa shape index (κ2) is 14.0. The van der Waals surface area contributed by atoms with E-state index in [-0.39, 0.29) is 17.1 Å². The molecule has 36 heavy (non-hydrogen) atoms. The highest BCUT2D eigenvalue weighted by atomic mass is 32.2. The van der Waals surface area contributed by atoms with Crippen molar-refractivity contribution in [2.75, 3.05) is 25.5 Å². The van der Waals surface area contributed by atoms with E-state index in [9.17, 15) is 9.59 Å². The Morgan fingerprint density at radius 1 is 1.33 bits per heavy atom. The molecule has 0 bridgehead atoms. The molecule has 0 fully saturated rings. The topological polar surface area (TPSA) is 119 Å². The van der Waals surface area contributed by atoms with Gasteiger partial charge in [-0.05, 0) is 42.3 Å². The Kier molecular flexibility index (Phi) is 10.4. The third-order valence-corrected chi connectivity index (χ3v) is 7.22. The summed E-state index contributed by atoms with van der Waals surface area (Å²) in [6.07, 6.45) is 4.78. The number of benzene rings is 2. The Morgan fingerprint density at radius 2 is 2.17 bits per heavy atom. The number of carbonyl (C=O) groups is 2. The van der Waals surface area contributed by atoms with E-state index in [1.165, 1.54) is 23.5 Å². The molecule has 0 aromatic heterocycles. The van der Waals surface area contributed by atoms with Crippen LogP contribution in [-0.2, 0) is 0 Å². The number of nitrogens with one attached hydrogen (secondary N) is 3. The van der Waals surface area contributed by atoms with Gasteiger partial charge in [-0.25, -0.2) is 0 Å². The maximum Gasteiger partial charge on any atom is 0.256 e. The second-order valence-electron chi connectivity index (χ2n) is 7.50. The lowest BCUT2D eigenvalue weighted by Gasteiger charge is -2.14. The van der Waals surface area contributed by atoms with Crippen molar-refractivity contribution in [2.45, 2.75) is 27.9 Å². The van der Waals surface area contributed by atoms with E-state index in [0.717, 1.165) is 14.7 Å². The highest BCUT2D eigenvalue weighted by molar-refractivity contribution is 8.03. The van der Waals surface area contributed by atoms with E-state index in [1.807, 2.05) is 30.5 Å². The lowest BCUT2D eigenvalue weighted by Crippen LogP contribution is -2.26. The third kappa shape index (κ3) is 7.62. The molecule has 184 valence electrons.